The van der Waals surface area contributed by atoms with Crippen LogP contribution in [0.5, 0.6) is 5.75 Å². The van der Waals surface area contributed by atoms with Crippen LogP contribution >= 0.6 is 12.2 Å². The number of halogens is 1. The summed E-state index contributed by atoms with van der Waals surface area (Å²) in [5, 5.41) is 6.90. The average Bonchev–Trinajstić information content (AvgIpc) is 3.10. The molecule has 0 spiro atoms. The van der Waals surface area contributed by atoms with E-state index in [4.69, 9.17) is 17.0 Å². The summed E-state index contributed by atoms with van der Waals surface area (Å²) in [6, 6.07) is 14.3. The fraction of sp³-hybridized carbons (Fsp3) is 0.350. The van der Waals surface area contributed by atoms with Gasteiger partial charge in [0.2, 0.25) is 0 Å². The Kier molecular flexibility index (Phi) is 5.87. The monoisotopic (exact) mass is 358 g/mol. The van der Waals surface area contributed by atoms with E-state index >= 15 is 0 Å². The summed E-state index contributed by atoms with van der Waals surface area (Å²) in [7, 11) is 0. The number of hydrogen-bond acceptors (Lipinski definition) is 2. The lowest BCUT2D eigenvalue weighted by atomic mass is 10.1. The van der Waals surface area contributed by atoms with Crippen molar-refractivity contribution in [2.45, 2.75) is 44.8 Å². The molecule has 2 N–H and O–H groups in total. The van der Waals surface area contributed by atoms with Gasteiger partial charge in [-0.15, -0.1) is 0 Å². The van der Waals surface area contributed by atoms with Gasteiger partial charge in [-0.05, 0) is 86.8 Å². The van der Waals surface area contributed by atoms with E-state index in [2.05, 4.69) is 10.6 Å². The summed E-state index contributed by atoms with van der Waals surface area (Å²) in [6.07, 6.45) is 5.18. The van der Waals surface area contributed by atoms with Gasteiger partial charge in [-0.2, -0.15) is 0 Å². The van der Waals surface area contributed by atoms with Crippen LogP contribution in [-0.2, 0) is 0 Å². The van der Waals surface area contributed by atoms with Gasteiger partial charge in [-0.1, -0.05) is 12.1 Å². The van der Waals surface area contributed by atoms with Crippen LogP contribution < -0.4 is 15.4 Å². The van der Waals surface area contributed by atoms with Crippen LogP contribution in [0.3, 0.4) is 0 Å². The maximum absolute atomic E-state index is 13.0. The molecule has 0 radical (unpaired) electrons. The van der Waals surface area contributed by atoms with Crippen molar-refractivity contribution >= 4 is 23.0 Å². The Labute approximate surface area is 153 Å². The maximum Gasteiger partial charge on any atom is 0.171 e. The van der Waals surface area contributed by atoms with Crippen LogP contribution in [0.2, 0.25) is 0 Å². The third-order valence-electron chi connectivity index (χ3n) is 4.43. The average molecular weight is 358 g/mol. The number of hydrogen-bond donors (Lipinski definition) is 2. The molecule has 1 aliphatic carbocycles. The topological polar surface area (TPSA) is 33.3 Å². The van der Waals surface area contributed by atoms with Gasteiger partial charge in [-0.25, -0.2) is 4.39 Å². The van der Waals surface area contributed by atoms with Crippen molar-refractivity contribution in [1.82, 2.24) is 5.32 Å². The Bertz CT molecular complexity index is 697. The summed E-state index contributed by atoms with van der Waals surface area (Å²) in [6.45, 7) is 1.99. The number of rotatable bonds is 5. The molecular weight excluding hydrogens is 335 g/mol. The molecule has 1 atom stereocenters. The largest absolute Gasteiger partial charge is 0.490 e. The van der Waals surface area contributed by atoms with Crippen molar-refractivity contribution in [3.05, 3.63) is 59.9 Å². The zero-order valence-corrected chi connectivity index (χ0v) is 15.1. The first-order valence-corrected chi connectivity index (χ1v) is 9.11. The molecule has 1 aliphatic rings. The Hall–Kier alpha value is -2.14. The minimum atomic E-state index is -0.239. The number of nitrogens with one attached hydrogen (secondary N) is 2. The quantitative estimate of drug-likeness (QED) is 0.720. The van der Waals surface area contributed by atoms with Gasteiger partial charge in [0.05, 0.1) is 12.1 Å². The van der Waals surface area contributed by atoms with Gasteiger partial charge in [0.1, 0.15) is 11.6 Å². The van der Waals surface area contributed by atoms with Crippen LogP contribution in [0, 0.1) is 5.82 Å². The van der Waals surface area contributed by atoms with Gasteiger partial charge in [0.15, 0.2) is 5.11 Å². The van der Waals surface area contributed by atoms with Crippen molar-refractivity contribution in [3.8, 4) is 5.75 Å². The van der Waals surface area contributed by atoms with E-state index in [1.54, 1.807) is 12.1 Å². The zero-order valence-electron chi connectivity index (χ0n) is 14.3. The molecule has 0 saturated heterocycles. The zero-order chi connectivity index (χ0) is 17.6. The van der Waals surface area contributed by atoms with Crippen molar-refractivity contribution < 1.29 is 9.13 Å². The molecule has 0 bridgehead atoms. The highest BCUT2D eigenvalue weighted by molar-refractivity contribution is 7.80. The molecule has 5 heteroatoms. The van der Waals surface area contributed by atoms with Crippen LogP contribution in [-0.4, -0.2) is 11.2 Å². The first kappa shape index (κ1) is 17.7. The van der Waals surface area contributed by atoms with Crippen LogP contribution in [0.15, 0.2) is 48.5 Å². The second-order valence-electron chi connectivity index (χ2n) is 6.42. The van der Waals surface area contributed by atoms with E-state index in [1.165, 1.54) is 25.0 Å². The fourth-order valence-corrected chi connectivity index (χ4v) is 3.31. The van der Waals surface area contributed by atoms with Gasteiger partial charge < -0.3 is 15.4 Å². The van der Waals surface area contributed by atoms with E-state index in [-0.39, 0.29) is 11.9 Å². The van der Waals surface area contributed by atoms with Gasteiger partial charge in [-0.3, -0.25) is 0 Å². The van der Waals surface area contributed by atoms with E-state index in [9.17, 15) is 4.39 Å². The fourth-order valence-electron chi connectivity index (χ4n) is 3.01. The Morgan fingerprint density at radius 3 is 2.36 bits per heavy atom. The first-order valence-electron chi connectivity index (χ1n) is 8.70. The lowest BCUT2D eigenvalue weighted by molar-refractivity contribution is 0.210. The molecule has 0 amide bonds. The number of anilines is 1. The lowest BCUT2D eigenvalue weighted by Gasteiger charge is -2.18. The standard InChI is InChI=1S/C20H23FN2OS/c1-14(15-6-8-16(21)9-7-15)22-20(25)23-17-10-12-19(13-11-17)24-18-4-2-3-5-18/h6-14,18H,2-5H2,1H3,(H2,22,23,25). The number of thiocarbonyl (C=S) groups is 1. The molecule has 0 heterocycles. The summed E-state index contributed by atoms with van der Waals surface area (Å²) in [4.78, 5) is 0. The molecule has 1 fully saturated rings. The highest BCUT2D eigenvalue weighted by Gasteiger charge is 2.16. The smallest absolute Gasteiger partial charge is 0.171 e. The third-order valence-corrected chi connectivity index (χ3v) is 4.65. The van der Waals surface area contributed by atoms with E-state index in [1.807, 2.05) is 31.2 Å². The van der Waals surface area contributed by atoms with E-state index in [0.717, 1.165) is 29.8 Å². The molecule has 3 rings (SSSR count). The lowest BCUT2D eigenvalue weighted by Crippen LogP contribution is -2.30. The van der Waals surface area contributed by atoms with E-state index in [0.29, 0.717) is 11.2 Å². The summed E-state index contributed by atoms with van der Waals surface area (Å²) >= 11 is 5.36. The van der Waals surface area contributed by atoms with Crippen LogP contribution in [0.1, 0.15) is 44.2 Å². The molecule has 0 aliphatic heterocycles. The second-order valence-corrected chi connectivity index (χ2v) is 6.83. The van der Waals surface area contributed by atoms with Gasteiger partial charge >= 0.3 is 0 Å². The third kappa shape index (κ3) is 5.16. The minimum absolute atomic E-state index is 0.00873. The molecule has 25 heavy (non-hydrogen) atoms. The predicted octanol–water partition coefficient (Wildman–Crippen LogP) is 5.19. The van der Waals surface area contributed by atoms with Gasteiger partial charge in [0, 0.05) is 5.69 Å². The molecule has 3 nitrogen and oxygen atoms in total. The van der Waals surface area contributed by atoms with Crippen molar-refractivity contribution in [3.63, 3.8) is 0 Å². The van der Waals surface area contributed by atoms with Gasteiger partial charge in [0.25, 0.3) is 0 Å². The molecule has 2 aromatic carbocycles. The number of ether oxygens (including phenoxy) is 1. The van der Waals surface area contributed by atoms with Crippen molar-refractivity contribution in [1.29, 1.82) is 0 Å². The van der Waals surface area contributed by atoms with Crippen LogP contribution in [0.25, 0.3) is 0 Å². The second kappa shape index (κ2) is 8.30. The summed E-state index contributed by atoms with van der Waals surface area (Å²) < 4.78 is 19.0. The SMILES string of the molecule is CC(NC(=S)Nc1ccc(OC2CCCC2)cc1)c1ccc(F)cc1. The summed E-state index contributed by atoms with van der Waals surface area (Å²) in [5.74, 6) is 0.660. The minimum Gasteiger partial charge on any atom is -0.490 e. The molecular formula is C20H23FN2OS. The van der Waals surface area contributed by atoms with Crippen molar-refractivity contribution in [2.24, 2.45) is 0 Å². The first-order chi connectivity index (χ1) is 12.1. The number of benzene rings is 2. The molecule has 1 saturated carbocycles. The predicted molar refractivity (Wildman–Crippen MR) is 103 cm³/mol. The Balaban J connectivity index is 1.50. The highest BCUT2D eigenvalue weighted by atomic mass is 32.1. The maximum atomic E-state index is 13.0. The van der Waals surface area contributed by atoms with E-state index < -0.39 is 0 Å². The molecule has 1 unspecified atom stereocenters. The normalized spacial score (nSPS) is 15.6. The molecule has 2 aromatic rings. The molecule has 0 aromatic heterocycles. The molecule has 132 valence electrons. The highest BCUT2D eigenvalue weighted by Crippen LogP contribution is 2.25. The summed E-state index contributed by atoms with van der Waals surface area (Å²) in [5.41, 5.74) is 1.88. The Morgan fingerprint density at radius 2 is 1.72 bits per heavy atom. The van der Waals surface area contributed by atoms with Crippen molar-refractivity contribution in [2.75, 3.05) is 5.32 Å². The van der Waals surface area contributed by atoms with Crippen LogP contribution in [0.4, 0.5) is 10.1 Å². The Morgan fingerprint density at radius 1 is 1.08 bits per heavy atom.